The fraction of sp³-hybridized carbons (Fsp3) is 0.111. The van der Waals surface area contributed by atoms with E-state index < -0.39 is 11.9 Å². The van der Waals surface area contributed by atoms with Gasteiger partial charge in [-0.05, 0) is 18.2 Å². The molecule has 0 fully saturated rings. The molecule has 0 amide bonds. The third-order valence-corrected chi connectivity index (χ3v) is 1.72. The van der Waals surface area contributed by atoms with Gasteiger partial charge in [0.15, 0.2) is 0 Å². The Morgan fingerprint density at radius 3 is 1.79 bits per heavy atom. The lowest BCUT2D eigenvalue weighted by Gasteiger charge is -2.03. The molecule has 0 bridgehead atoms. The van der Waals surface area contributed by atoms with Gasteiger partial charge in [-0.25, -0.2) is 9.59 Å². The number of carbonyl (C=O) groups is 2. The third-order valence-electron chi connectivity index (χ3n) is 1.72. The van der Waals surface area contributed by atoms with E-state index in [-0.39, 0.29) is 11.1 Å². The predicted octanol–water partition coefficient (Wildman–Crippen LogP) is 1.12. The Morgan fingerprint density at radius 2 is 1.50 bits per heavy atom. The zero-order valence-electron chi connectivity index (χ0n) is 7.44. The summed E-state index contributed by atoms with van der Waals surface area (Å²) >= 11 is 0. The predicted molar refractivity (Wildman–Crippen MR) is 49.9 cm³/mol. The molecule has 0 spiro atoms. The number of aromatic carboxylic acids is 2. The van der Waals surface area contributed by atoms with Gasteiger partial charge in [-0.2, -0.15) is 0 Å². The number of nitrogens with one attached hydrogen (secondary N) is 1. The minimum absolute atomic E-state index is 0.0470. The van der Waals surface area contributed by atoms with E-state index in [4.69, 9.17) is 10.2 Å². The molecule has 14 heavy (non-hydrogen) atoms. The van der Waals surface area contributed by atoms with Crippen molar-refractivity contribution in [3.05, 3.63) is 29.3 Å². The molecule has 5 nitrogen and oxygen atoms in total. The molecule has 0 aliphatic carbocycles. The van der Waals surface area contributed by atoms with E-state index in [1.807, 2.05) is 0 Å². The quantitative estimate of drug-likeness (QED) is 0.672. The highest BCUT2D eigenvalue weighted by molar-refractivity contribution is 5.95. The van der Waals surface area contributed by atoms with Crippen LogP contribution in [0.4, 0.5) is 5.69 Å². The topological polar surface area (TPSA) is 86.6 Å². The molecule has 3 N–H and O–H groups in total. The first kappa shape index (κ1) is 10.0. The molecule has 0 aromatic heterocycles. The second kappa shape index (κ2) is 3.78. The summed E-state index contributed by atoms with van der Waals surface area (Å²) in [5.41, 5.74) is 0.366. The molecular formula is C9H9NO4. The highest BCUT2D eigenvalue weighted by Crippen LogP contribution is 2.14. The van der Waals surface area contributed by atoms with Crippen molar-refractivity contribution in [3.8, 4) is 0 Å². The Morgan fingerprint density at radius 1 is 1.07 bits per heavy atom. The van der Waals surface area contributed by atoms with Crippen LogP contribution in [0.2, 0.25) is 0 Å². The van der Waals surface area contributed by atoms with Crippen LogP contribution in [0.1, 0.15) is 20.7 Å². The van der Waals surface area contributed by atoms with Gasteiger partial charge in [-0.15, -0.1) is 0 Å². The number of benzene rings is 1. The summed E-state index contributed by atoms with van der Waals surface area (Å²) in [5, 5.41) is 20.1. The monoisotopic (exact) mass is 195 g/mol. The Hall–Kier alpha value is -2.04. The molecule has 0 radical (unpaired) electrons. The van der Waals surface area contributed by atoms with E-state index in [1.54, 1.807) is 7.05 Å². The lowest BCUT2D eigenvalue weighted by atomic mass is 10.1. The van der Waals surface area contributed by atoms with Gasteiger partial charge in [0.05, 0.1) is 11.1 Å². The van der Waals surface area contributed by atoms with Gasteiger partial charge in [0.2, 0.25) is 0 Å². The number of carboxylic acid groups (broad SMARTS) is 2. The van der Waals surface area contributed by atoms with Crippen LogP contribution in [0.15, 0.2) is 18.2 Å². The van der Waals surface area contributed by atoms with Gasteiger partial charge >= 0.3 is 11.9 Å². The molecule has 0 aliphatic heterocycles. The first-order valence-electron chi connectivity index (χ1n) is 3.84. The second-order valence-corrected chi connectivity index (χ2v) is 2.66. The summed E-state index contributed by atoms with van der Waals surface area (Å²) in [5.74, 6) is -2.30. The summed E-state index contributed by atoms with van der Waals surface area (Å²) in [4.78, 5) is 21.2. The summed E-state index contributed by atoms with van der Waals surface area (Å²) in [6.07, 6.45) is 0. The molecule has 1 aromatic rings. The van der Waals surface area contributed by atoms with Crippen LogP contribution < -0.4 is 5.32 Å². The maximum absolute atomic E-state index is 10.6. The zero-order valence-corrected chi connectivity index (χ0v) is 7.44. The van der Waals surface area contributed by atoms with E-state index in [2.05, 4.69) is 5.32 Å². The van der Waals surface area contributed by atoms with Crippen LogP contribution in [0.5, 0.6) is 0 Å². The highest BCUT2D eigenvalue weighted by Gasteiger charge is 2.10. The number of hydrogen-bond acceptors (Lipinski definition) is 3. The number of carboxylic acids is 2. The smallest absolute Gasteiger partial charge is 0.335 e. The molecule has 1 rings (SSSR count). The Bertz CT molecular complexity index is 354. The van der Waals surface area contributed by atoms with Gasteiger partial charge in [0.25, 0.3) is 0 Å². The molecule has 0 saturated carbocycles. The molecule has 74 valence electrons. The maximum atomic E-state index is 10.6. The minimum Gasteiger partial charge on any atom is -0.478 e. The zero-order chi connectivity index (χ0) is 10.7. The van der Waals surface area contributed by atoms with Crippen molar-refractivity contribution < 1.29 is 19.8 Å². The minimum atomic E-state index is -1.15. The molecule has 0 atom stereocenters. The first-order chi connectivity index (χ1) is 6.54. The number of anilines is 1. The first-order valence-corrected chi connectivity index (χ1v) is 3.84. The summed E-state index contributed by atoms with van der Waals surface area (Å²) in [6, 6.07) is 3.86. The van der Waals surface area contributed by atoms with Crippen LogP contribution >= 0.6 is 0 Å². The molecular weight excluding hydrogens is 186 g/mol. The van der Waals surface area contributed by atoms with Gasteiger partial charge in [-0.3, -0.25) is 0 Å². The van der Waals surface area contributed by atoms with Crippen LogP contribution in [-0.4, -0.2) is 29.2 Å². The fourth-order valence-corrected chi connectivity index (χ4v) is 1.02. The van der Waals surface area contributed by atoms with Crippen molar-refractivity contribution in [1.82, 2.24) is 0 Å². The van der Waals surface area contributed by atoms with Crippen molar-refractivity contribution in [3.63, 3.8) is 0 Å². The second-order valence-electron chi connectivity index (χ2n) is 2.66. The van der Waals surface area contributed by atoms with Crippen molar-refractivity contribution >= 4 is 17.6 Å². The standard InChI is InChI=1S/C9H9NO4/c1-10-7-3-5(8(11)12)2-6(4-7)9(13)14/h2-4,10H,1H3,(H,11,12)(H,13,14). The average molecular weight is 195 g/mol. The van der Waals surface area contributed by atoms with E-state index in [0.717, 1.165) is 6.07 Å². The van der Waals surface area contributed by atoms with E-state index in [1.165, 1.54) is 12.1 Å². The molecule has 0 heterocycles. The van der Waals surface area contributed by atoms with Gasteiger partial charge in [-0.1, -0.05) is 0 Å². The molecule has 1 aromatic carbocycles. The molecule has 0 saturated heterocycles. The van der Waals surface area contributed by atoms with E-state index in [0.29, 0.717) is 5.69 Å². The van der Waals surface area contributed by atoms with Gasteiger partial charge in [0, 0.05) is 12.7 Å². The van der Waals surface area contributed by atoms with Gasteiger partial charge < -0.3 is 15.5 Å². The number of rotatable bonds is 3. The van der Waals surface area contributed by atoms with Crippen molar-refractivity contribution in [2.75, 3.05) is 12.4 Å². The van der Waals surface area contributed by atoms with Gasteiger partial charge in [0.1, 0.15) is 0 Å². The Balaban J connectivity index is 3.27. The summed E-state index contributed by atoms with van der Waals surface area (Å²) in [6.45, 7) is 0. The summed E-state index contributed by atoms with van der Waals surface area (Å²) < 4.78 is 0. The largest absolute Gasteiger partial charge is 0.478 e. The van der Waals surface area contributed by atoms with Crippen LogP contribution in [0.25, 0.3) is 0 Å². The van der Waals surface area contributed by atoms with Crippen molar-refractivity contribution in [1.29, 1.82) is 0 Å². The average Bonchev–Trinajstić information content (AvgIpc) is 2.16. The van der Waals surface area contributed by atoms with Crippen LogP contribution in [-0.2, 0) is 0 Å². The lowest BCUT2D eigenvalue weighted by molar-refractivity contribution is 0.0696. The highest BCUT2D eigenvalue weighted by atomic mass is 16.4. The van der Waals surface area contributed by atoms with Crippen LogP contribution in [0, 0.1) is 0 Å². The molecule has 0 unspecified atom stereocenters. The molecule has 5 heteroatoms. The SMILES string of the molecule is CNc1cc(C(=O)O)cc(C(=O)O)c1. The Kier molecular flexibility index (Phi) is 2.71. The van der Waals surface area contributed by atoms with Crippen LogP contribution in [0.3, 0.4) is 0 Å². The van der Waals surface area contributed by atoms with Crippen molar-refractivity contribution in [2.24, 2.45) is 0 Å². The maximum Gasteiger partial charge on any atom is 0.335 e. The normalized spacial score (nSPS) is 9.50. The lowest BCUT2D eigenvalue weighted by Crippen LogP contribution is -2.04. The van der Waals surface area contributed by atoms with E-state index >= 15 is 0 Å². The summed E-state index contributed by atoms with van der Waals surface area (Å²) in [7, 11) is 1.59. The fourth-order valence-electron chi connectivity index (χ4n) is 1.02. The third kappa shape index (κ3) is 2.01. The van der Waals surface area contributed by atoms with Crippen molar-refractivity contribution in [2.45, 2.75) is 0 Å². The molecule has 0 aliphatic rings. The van der Waals surface area contributed by atoms with E-state index in [9.17, 15) is 9.59 Å². The number of hydrogen-bond donors (Lipinski definition) is 3. The Labute approximate surface area is 80.0 Å².